The van der Waals surface area contributed by atoms with Crippen molar-refractivity contribution in [1.29, 1.82) is 0 Å². The predicted octanol–water partition coefficient (Wildman–Crippen LogP) is 3.32. The van der Waals surface area contributed by atoms with Gasteiger partial charge in [-0.3, -0.25) is 0 Å². The zero-order valence-corrected chi connectivity index (χ0v) is 10.9. The number of aryl methyl sites for hydroxylation is 1. The van der Waals surface area contributed by atoms with Crippen LogP contribution < -0.4 is 0 Å². The van der Waals surface area contributed by atoms with Gasteiger partial charge in [0, 0.05) is 12.3 Å². The fraction of sp³-hybridized carbons (Fsp3) is 0.429. The van der Waals surface area contributed by atoms with Crippen molar-refractivity contribution in [2.75, 3.05) is 5.88 Å². The van der Waals surface area contributed by atoms with Gasteiger partial charge in [0.2, 0.25) is 5.89 Å². The van der Waals surface area contributed by atoms with E-state index in [1.807, 2.05) is 6.07 Å². The second kappa shape index (κ2) is 4.73. The van der Waals surface area contributed by atoms with Crippen LogP contribution >= 0.6 is 11.6 Å². The molecule has 18 heavy (non-hydrogen) atoms. The van der Waals surface area contributed by atoms with Crippen molar-refractivity contribution < 1.29 is 4.52 Å². The standard InChI is InChI=1S/C14H15ClN2O/c15-10-7-12-16-13(17-18-12)14(8-4-9-14)11-5-2-1-3-6-11/h1-3,5-6H,4,7-10H2. The SMILES string of the molecule is ClCCc1nc(C2(c3ccccc3)CCC2)no1. The molecule has 1 fully saturated rings. The molecule has 1 aliphatic carbocycles. The highest BCUT2D eigenvalue weighted by Crippen LogP contribution is 2.47. The van der Waals surface area contributed by atoms with Crippen molar-refractivity contribution in [2.24, 2.45) is 0 Å². The fourth-order valence-corrected chi connectivity index (χ4v) is 2.72. The maximum Gasteiger partial charge on any atom is 0.227 e. The lowest BCUT2D eigenvalue weighted by molar-refractivity contribution is 0.271. The van der Waals surface area contributed by atoms with Gasteiger partial charge in [0.1, 0.15) is 0 Å². The smallest absolute Gasteiger partial charge is 0.227 e. The molecule has 0 saturated heterocycles. The van der Waals surface area contributed by atoms with Crippen LogP contribution in [-0.2, 0) is 11.8 Å². The molecule has 0 N–H and O–H groups in total. The van der Waals surface area contributed by atoms with Gasteiger partial charge >= 0.3 is 0 Å². The summed E-state index contributed by atoms with van der Waals surface area (Å²) in [5.41, 5.74) is 1.25. The minimum Gasteiger partial charge on any atom is -0.339 e. The Hall–Kier alpha value is -1.35. The number of nitrogens with zero attached hydrogens (tertiary/aromatic N) is 2. The lowest BCUT2D eigenvalue weighted by Gasteiger charge is -2.39. The fourth-order valence-electron chi connectivity index (χ4n) is 2.56. The maximum atomic E-state index is 5.70. The van der Waals surface area contributed by atoms with E-state index in [4.69, 9.17) is 16.1 Å². The summed E-state index contributed by atoms with van der Waals surface area (Å²) in [7, 11) is 0. The Morgan fingerprint density at radius 2 is 2.00 bits per heavy atom. The molecular weight excluding hydrogens is 248 g/mol. The monoisotopic (exact) mass is 262 g/mol. The molecule has 2 aromatic rings. The second-order valence-electron chi connectivity index (χ2n) is 4.75. The zero-order valence-electron chi connectivity index (χ0n) is 10.1. The van der Waals surface area contributed by atoms with Gasteiger partial charge in [-0.2, -0.15) is 4.98 Å². The quantitative estimate of drug-likeness (QED) is 0.794. The average molecular weight is 263 g/mol. The highest BCUT2D eigenvalue weighted by Gasteiger charge is 2.44. The van der Waals surface area contributed by atoms with Gasteiger partial charge in [-0.15, -0.1) is 11.6 Å². The Labute approximate surface area is 111 Å². The first-order chi connectivity index (χ1) is 8.85. The first-order valence-electron chi connectivity index (χ1n) is 6.30. The molecule has 1 aliphatic rings. The first kappa shape index (κ1) is 11.7. The molecule has 3 rings (SSSR count). The molecule has 4 heteroatoms. The van der Waals surface area contributed by atoms with E-state index < -0.39 is 0 Å². The number of rotatable bonds is 4. The predicted molar refractivity (Wildman–Crippen MR) is 69.8 cm³/mol. The van der Waals surface area contributed by atoms with Crippen molar-refractivity contribution in [3.05, 3.63) is 47.6 Å². The molecule has 1 saturated carbocycles. The van der Waals surface area contributed by atoms with Crippen LogP contribution in [0, 0.1) is 0 Å². The van der Waals surface area contributed by atoms with Crippen LogP contribution in [0.5, 0.6) is 0 Å². The van der Waals surface area contributed by atoms with E-state index in [0.717, 1.165) is 18.7 Å². The second-order valence-corrected chi connectivity index (χ2v) is 5.13. The number of hydrogen-bond acceptors (Lipinski definition) is 3. The number of halogens is 1. The van der Waals surface area contributed by atoms with E-state index >= 15 is 0 Å². The van der Waals surface area contributed by atoms with Crippen molar-refractivity contribution >= 4 is 11.6 Å². The molecule has 0 radical (unpaired) electrons. The molecule has 3 nitrogen and oxygen atoms in total. The van der Waals surface area contributed by atoms with Crippen molar-refractivity contribution in [3.63, 3.8) is 0 Å². The molecule has 0 spiro atoms. The van der Waals surface area contributed by atoms with Crippen LogP contribution in [0.4, 0.5) is 0 Å². The number of benzene rings is 1. The third-order valence-electron chi connectivity index (χ3n) is 3.74. The normalized spacial score (nSPS) is 17.4. The molecule has 1 aromatic carbocycles. The molecule has 94 valence electrons. The third kappa shape index (κ3) is 1.83. The van der Waals surface area contributed by atoms with Crippen LogP contribution in [0.3, 0.4) is 0 Å². The summed E-state index contributed by atoms with van der Waals surface area (Å²) in [6, 6.07) is 10.5. The van der Waals surface area contributed by atoms with Gasteiger partial charge in [0.25, 0.3) is 0 Å². The van der Waals surface area contributed by atoms with E-state index in [1.165, 1.54) is 12.0 Å². The van der Waals surface area contributed by atoms with Gasteiger partial charge in [-0.25, -0.2) is 0 Å². The Morgan fingerprint density at radius 3 is 2.61 bits per heavy atom. The minimum absolute atomic E-state index is 0.0324. The molecule has 0 unspecified atom stereocenters. The highest BCUT2D eigenvalue weighted by atomic mass is 35.5. The summed E-state index contributed by atoms with van der Waals surface area (Å²) in [5.74, 6) is 1.97. The molecular formula is C14H15ClN2O. The van der Waals surface area contributed by atoms with Crippen molar-refractivity contribution in [3.8, 4) is 0 Å². The van der Waals surface area contributed by atoms with Crippen LogP contribution in [0.15, 0.2) is 34.9 Å². The molecule has 1 heterocycles. The van der Waals surface area contributed by atoms with Crippen LogP contribution in [-0.4, -0.2) is 16.0 Å². The van der Waals surface area contributed by atoms with Gasteiger partial charge in [-0.1, -0.05) is 41.9 Å². The summed E-state index contributed by atoms with van der Waals surface area (Å²) in [6.45, 7) is 0. The topological polar surface area (TPSA) is 38.9 Å². The van der Waals surface area contributed by atoms with E-state index in [-0.39, 0.29) is 5.41 Å². The third-order valence-corrected chi connectivity index (χ3v) is 3.93. The number of aromatic nitrogens is 2. The van der Waals surface area contributed by atoms with Crippen LogP contribution in [0.25, 0.3) is 0 Å². The zero-order chi connectivity index (χ0) is 12.4. The summed E-state index contributed by atoms with van der Waals surface area (Å²) in [4.78, 5) is 4.51. The van der Waals surface area contributed by atoms with Crippen molar-refractivity contribution in [2.45, 2.75) is 31.1 Å². The van der Waals surface area contributed by atoms with E-state index in [9.17, 15) is 0 Å². The molecule has 0 atom stereocenters. The van der Waals surface area contributed by atoms with E-state index in [1.54, 1.807) is 0 Å². The summed E-state index contributed by atoms with van der Waals surface area (Å²) in [5, 5.41) is 4.16. The summed E-state index contributed by atoms with van der Waals surface area (Å²) >= 11 is 5.70. The minimum atomic E-state index is -0.0324. The molecule has 1 aromatic heterocycles. The van der Waals surface area contributed by atoms with E-state index in [0.29, 0.717) is 18.2 Å². The van der Waals surface area contributed by atoms with Gasteiger partial charge < -0.3 is 4.52 Å². The number of hydrogen-bond donors (Lipinski definition) is 0. The van der Waals surface area contributed by atoms with Gasteiger partial charge in [-0.05, 0) is 18.4 Å². The Kier molecular flexibility index (Phi) is 3.08. The highest BCUT2D eigenvalue weighted by molar-refractivity contribution is 6.17. The van der Waals surface area contributed by atoms with Crippen molar-refractivity contribution in [1.82, 2.24) is 10.1 Å². The summed E-state index contributed by atoms with van der Waals surface area (Å²) < 4.78 is 5.26. The molecule has 0 aliphatic heterocycles. The largest absolute Gasteiger partial charge is 0.339 e. The number of alkyl halides is 1. The molecule has 0 bridgehead atoms. The van der Waals surface area contributed by atoms with Crippen LogP contribution in [0.1, 0.15) is 36.5 Å². The average Bonchev–Trinajstić information content (AvgIpc) is 2.79. The molecule has 0 amide bonds. The summed E-state index contributed by atoms with van der Waals surface area (Å²) in [6.07, 6.45) is 4.04. The lowest BCUT2D eigenvalue weighted by Crippen LogP contribution is -2.36. The maximum absolute atomic E-state index is 5.70. The Balaban J connectivity index is 1.96. The first-order valence-corrected chi connectivity index (χ1v) is 6.83. The van der Waals surface area contributed by atoms with Gasteiger partial charge in [0.15, 0.2) is 5.82 Å². The van der Waals surface area contributed by atoms with Gasteiger partial charge in [0.05, 0.1) is 5.41 Å². The Bertz CT molecular complexity index is 520. The van der Waals surface area contributed by atoms with Crippen LogP contribution in [0.2, 0.25) is 0 Å². The van der Waals surface area contributed by atoms with E-state index in [2.05, 4.69) is 34.4 Å². The lowest BCUT2D eigenvalue weighted by atomic mass is 9.64. The Morgan fingerprint density at radius 1 is 1.22 bits per heavy atom.